The number of nitrogens with one attached hydrogen (secondary N) is 1. The predicted octanol–water partition coefficient (Wildman–Crippen LogP) is -1.66. The lowest BCUT2D eigenvalue weighted by Crippen LogP contribution is -2.35. The summed E-state index contributed by atoms with van der Waals surface area (Å²) in [6.07, 6.45) is 0. The van der Waals surface area contributed by atoms with Crippen molar-refractivity contribution in [3.8, 4) is 0 Å². The summed E-state index contributed by atoms with van der Waals surface area (Å²) in [6.45, 7) is 0. The largest absolute Gasteiger partial charge is 0.367 e. The van der Waals surface area contributed by atoms with E-state index in [-0.39, 0.29) is 0 Å². The van der Waals surface area contributed by atoms with Crippen LogP contribution in [0.4, 0.5) is 0 Å². The fourth-order valence-electron chi connectivity index (χ4n) is 0.436. The van der Waals surface area contributed by atoms with Crippen LogP contribution in [0, 0.1) is 0 Å². The standard InChI is InChI=1S/C3H4N4O2/c4-2(8)1-3(9)6-7-5-1/h1H,(H2,4,8)(H,5,6,9). The Balaban J connectivity index is 2.71. The maximum Gasteiger partial charge on any atom is 0.277 e. The van der Waals surface area contributed by atoms with Crippen molar-refractivity contribution in [1.29, 1.82) is 0 Å². The molecule has 6 heteroatoms. The summed E-state index contributed by atoms with van der Waals surface area (Å²) < 4.78 is 0. The molecule has 0 spiro atoms. The summed E-state index contributed by atoms with van der Waals surface area (Å²) in [4.78, 5) is 20.6. The maximum atomic E-state index is 10.4. The number of amides is 2. The molecule has 6 nitrogen and oxygen atoms in total. The van der Waals surface area contributed by atoms with Crippen LogP contribution in [0.5, 0.6) is 0 Å². The zero-order valence-corrected chi connectivity index (χ0v) is 4.37. The van der Waals surface area contributed by atoms with Crippen LogP contribution in [-0.4, -0.2) is 17.9 Å². The van der Waals surface area contributed by atoms with Crippen LogP contribution in [0.2, 0.25) is 0 Å². The average Bonchev–Trinajstić information content (AvgIpc) is 2.13. The minimum Gasteiger partial charge on any atom is -0.367 e. The van der Waals surface area contributed by atoms with Crippen LogP contribution >= 0.6 is 0 Å². The van der Waals surface area contributed by atoms with Gasteiger partial charge in [0.1, 0.15) is 0 Å². The highest BCUT2D eigenvalue weighted by atomic mass is 16.2. The molecule has 1 heterocycles. The number of carbonyl (C=O) groups is 2. The van der Waals surface area contributed by atoms with Crippen LogP contribution in [0.25, 0.3) is 0 Å². The number of carbonyl (C=O) groups excluding carboxylic acids is 2. The van der Waals surface area contributed by atoms with Gasteiger partial charge in [0.05, 0.1) is 0 Å². The van der Waals surface area contributed by atoms with E-state index in [4.69, 9.17) is 5.73 Å². The van der Waals surface area contributed by atoms with Gasteiger partial charge in [0.25, 0.3) is 11.8 Å². The molecule has 0 aromatic rings. The molecule has 1 aliphatic rings. The first kappa shape index (κ1) is 5.67. The third kappa shape index (κ3) is 0.857. The van der Waals surface area contributed by atoms with Crippen molar-refractivity contribution in [3.05, 3.63) is 0 Å². The molecule has 0 radical (unpaired) electrons. The van der Waals surface area contributed by atoms with Gasteiger partial charge in [0, 0.05) is 0 Å². The second-order valence-electron chi connectivity index (χ2n) is 1.50. The first-order valence-corrected chi connectivity index (χ1v) is 2.21. The van der Waals surface area contributed by atoms with Gasteiger partial charge < -0.3 is 5.73 Å². The molecule has 0 saturated heterocycles. The predicted molar refractivity (Wildman–Crippen MR) is 26.0 cm³/mol. The van der Waals surface area contributed by atoms with Crippen LogP contribution in [0.1, 0.15) is 0 Å². The van der Waals surface area contributed by atoms with Gasteiger partial charge in [-0.05, 0) is 0 Å². The quantitative estimate of drug-likeness (QED) is 0.413. The van der Waals surface area contributed by atoms with Gasteiger partial charge in [-0.2, -0.15) is 0 Å². The minimum atomic E-state index is -1.12. The Morgan fingerprint density at radius 1 is 1.78 bits per heavy atom. The fourth-order valence-corrected chi connectivity index (χ4v) is 0.436. The summed E-state index contributed by atoms with van der Waals surface area (Å²) in [5.74, 6) is -1.35. The normalized spacial score (nSPS) is 24.0. The van der Waals surface area contributed by atoms with Gasteiger partial charge >= 0.3 is 0 Å². The van der Waals surface area contributed by atoms with E-state index in [0.717, 1.165) is 0 Å². The molecule has 0 aliphatic carbocycles. The van der Waals surface area contributed by atoms with E-state index in [1.54, 1.807) is 0 Å². The van der Waals surface area contributed by atoms with E-state index in [0.29, 0.717) is 0 Å². The second kappa shape index (κ2) is 1.81. The Morgan fingerprint density at radius 2 is 2.44 bits per heavy atom. The van der Waals surface area contributed by atoms with Crippen molar-refractivity contribution in [2.24, 2.45) is 16.1 Å². The number of rotatable bonds is 1. The first-order chi connectivity index (χ1) is 4.22. The van der Waals surface area contributed by atoms with E-state index >= 15 is 0 Å². The van der Waals surface area contributed by atoms with Gasteiger partial charge in [0.15, 0.2) is 0 Å². The van der Waals surface area contributed by atoms with Gasteiger partial charge in [-0.1, -0.05) is 5.22 Å². The molecule has 0 saturated carbocycles. The summed E-state index contributed by atoms with van der Waals surface area (Å²) >= 11 is 0. The minimum absolute atomic E-state index is 0.567. The van der Waals surface area contributed by atoms with Crippen molar-refractivity contribution in [2.75, 3.05) is 0 Å². The molecular formula is C3H4N4O2. The maximum absolute atomic E-state index is 10.4. The Bertz CT molecular complexity index is 186. The summed E-state index contributed by atoms with van der Waals surface area (Å²) in [5, 5.41) is 6.30. The SMILES string of the molecule is NC(=O)C1N=NNC1=O. The molecule has 0 bridgehead atoms. The molecular weight excluding hydrogens is 124 g/mol. The van der Waals surface area contributed by atoms with Gasteiger partial charge in [-0.3, -0.25) is 9.59 Å². The van der Waals surface area contributed by atoms with Crippen LogP contribution in [0.15, 0.2) is 10.3 Å². The van der Waals surface area contributed by atoms with Crippen molar-refractivity contribution in [1.82, 2.24) is 5.43 Å². The average molecular weight is 128 g/mol. The summed E-state index contributed by atoms with van der Waals surface area (Å²) in [6, 6.07) is -1.12. The Hall–Kier alpha value is -1.46. The number of nitrogens with zero attached hydrogens (tertiary/aromatic N) is 2. The second-order valence-corrected chi connectivity index (χ2v) is 1.50. The van der Waals surface area contributed by atoms with Crippen LogP contribution < -0.4 is 11.2 Å². The van der Waals surface area contributed by atoms with E-state index in [1.165, 1.54) is 0 Å². The number of nitrogens with two attached hydrogens (primary N) is 1. The summed E-state index contributed by atoms with van der Waals surface area (Å²) in [7, 11) is 0. The Kier molecular flexibility index (Phi) is 1.14. The molecule has 0 aromatic carbocycles. The zero-order chi connectivity index (χ0) is 6.85. The first-order valence-electron chi connectivity index (χ1n) is 2.21. The topological polar surface area (TPSA) is 96.9 Å². The smallest absolute Gasteiger partial charge is 0.277 e. The molecule has 1 unspecified atom stereocenters. The number of hydrogen-bond acceptors (Lipinski definition) is 4. The molecule has 1 aliphatic heterocycles. The third-order valence-electron chi connectivity index (χ3n) is 0.851. The number of hydrogen-bond donors (Lipinski definition) is 2. The zero-order valence-electron chi connectivity index (χ0n) is 4.37. The molecule has 2 amide bonds. The molecule has 0 aromatic heterocycles. The van der Waals surface area contributed by atoms with Crippen molar-refractivity contribution < 1.29 is 9.59 Å². The van der Waals surface area contributed by atoms with Crippen molar-refractivity contribution in [3.63, 3.8) is 0 Å². The molecule has 1 rings (SSSR count). The van der Waals surface area contributed by atoms with Crippen molar-refractivity contribution in [2.45, 2.75) is 6.04 Å². The van der Waals surface area contributed by atoms with Crippen LogP contribution in [-0.2, 0) is 9.59 Å². The lowest BCUT2D eigenvalue weighted by molar-refractivity contribution is -0.128. The van der Waals surface area contributed by atoms with E-state index < -0.39 is 17.9 Å². The van der Waals surface area contributed by atoms with Crippen LogP contribution in [0.3, 0.4) is 0 Å². The van der Waals surface area contributed by atoms with Crippen molar-refractivity contribution >= 4 is 11.8 Å². The lowest BCUT2D eigenvalue weighted by atomic mass is 10.3. The molecule has 1 atom stereocenters. The highest BCUT2D eigenvalue weighted by Crippen LogP contribution is 1.96. The highest BCUT2D eigenvalue weighted by Gasteiger charge is 2.27. The number of primary amides is 1. The molecule has 9 heavy (non-hydrogen) atoms. The Labute approximate surface area is 50.1 Å². The van der Waals surface area contributed by atoms with E-state index in [2.05, 4.69) is 10.3 Å². The lowest BCUT2D eigenvalue weighted by Gasteiger charge is -1.92. The van der Waals surface area contributed by atoms with E-state index in [1.807, 2.05) is 5.43 Å². The highest BCUT2D eigenvalue weighted by molar-refractivity contribution is 6.04. The van der Waals surface area contributed by atoms with Gasteiger partial charge in [-0.15, -0.1) is 5.11 Å². The molecule has 0 fully saturated rings. The molecule has 48 valence electrons. The monoisotopic (exact) mass is 128 g/mol. The van der Waals surface area contributed by atoms with E-state index in [9.17, 15) is 9.59 Å². The third-order valence-corrected chi connectivity index (χ3v) is 0.851. The van der Waals surface area contributed by atoms with Gasteiger partial charge in [-0.25, -0.2) is 5.43 Å². The molecule has 3 N–H and O–H groups in total. The Morgan fingerprint density at radius 3 is 2.67 bits per heavy atom. The fraction of sp³-hybridized carbons (Fsp3) is 0.333. The summed E-state index contributed by atoms with van der Waals surface area (Å²) in [5.41, 5.74) is 6.70. The van der Waals surface area contributed by atoms with Gasteiger partial charge in [0.2, 0.25) is 6.04 Å².